The molecule has 2 saturated heterocycles. The number of likely N-dealkylation sites (tertiary alicyclic amines) is 1. The van der Waals surface area contributed by atoms with Crippen LogP contribution in [0.2, 0.25) is 0 Å². The van der Waals surface area contributed by atoms with Gasteiger partial charge in [-0.25, -0.2) is 0 Å². The highest BCUT2D eigenvalue weighted by atomic mass is 16.5. The van der Waals surface area contributed by atoms with Crippen LogP contribution in [0, 0.1) is 5.41 Å². The van der Waals surface area contributed by atoms with Crippen molar-refractivity contribution in [3.05, 3.63) is 0 Å². The summed E-state index contributed by atoms with van der Waals surface area (Å²) < 4.78 is 5.26. The average Bonchev–Trinajstić information content (AvgIpc) is 2.64. The zero-order valence-electron chi connectivity index (χ0n) is 8.73. The van der Waals surface area contributed by atoms with Gasteiger partial charge in [-0.3, -0.25) is 9.59 Å². The number of rotatable bonds is 2. The zero-order valence-corrected chi connectivity index (χ0v) is 8.73. The Labute approximate surface area is 88.0 Å². The quantitative estimate of drug-likeness (QED) is 0.706. The number of carbonyl (C=O) groups excluding carboxylic acids is 1. The first-order valence-electron chi connectivity index (χ1n) is 5.17. The predicted octanol–water partition coefficient (Wildman–Crippen LogP) is 0.0985. The van der Waals surface area contributed by atoms with E-state index in [1.54, 1.807) is 11.8 Å². The first-order valence-corrected chi connectivity index (χ1v) is 5.17. The second-order valence-corrected chi connectivity index (χ2v) is 4.56. The van der Waals surface area contributed by atoms with Crippen LogP contribution in [0.3, 0.4) is 0 Å². The Bertz CT molecular complexity index is 290. The van der Waals surface area contributed by atoms with Crippen LogP contribution in [0.15, 0.2) is 0 Å². The molecule has 0 unspecified atom stereocenters. The van der Waals surface area contributed by atoms with Crippen molar-refractivity contribution in [2.45, 2.75) is 25.9 Å². The lowest BCUT2D eigenvalue weighted by molar-refractivity contribution is -0.167. The van der Waals surface area contributed by atoms with Gasteiger partial charge < -0.3 is 14.7 Å². The number of carbonyl (C=O) groups is 2. The molecule has 2 aliphatic heterocycles. The minimum absolute atomic E-state index is 0.0498. The van der Waals surface area contributed by atoms with E-state index in [4.69, 9.17) is 9.84 Å². The molecule has 0 aromatic rings. The van der Waals surface area contributed by atoms with E-state index < -0.39 is 11.4 Å². The summed E-state index contributed by atoms with van der Waals surface area (Å²) in [5.74, 6) is -0.884. The maximum atomic E-state index is 11.7. The van der Waals surface area contributed by atoms with Crippen LogP contribution in [-0.4, -0.2) is 47.7 Å². The molecule has 5 heteroatoms. The summed E-state index contributed by atoms with van der Waals surface area (Å²) in [6.45, 7) is 2.91. The van der Waals surface area contributed by atoms with Crippen molar-refractivity contribution in [2.75, 3.05) is 19.7 Å². The van der Waals surface area contributed by atoms with E-state index in [1.807, 2.05) is 0 Å². The van der Waals surface area contributed by atoms with Crippen LogP contribution < -0.4 is 0 Å². The molecular weight excluding hydrogens is 198 g/mol. The van der Waals surface area contributed by atoms with Crippen LogP contribution in [0.1, 0.15) is 19.8 Å². The number of hydrogen-bond donors (Lipinski definition) is 1. The van der Waals surface area contributed by atoms with Crippen molar-refractivity contribution in [3.63, 3.8) is 0 Å². The van der Waals surface area contributed by atoms with Crippen molar-refractivity contribution in [1.82, 2.24) is 4.90 Å². The van der Waals surface area contributed by atoms with Crippen LogP contribution >= 0.6 is 0 Å². The van der Waals surface area contributed by atoms with Crippen molar-refractivity contribution in [1.29, 1.82) is 0 Å². The molecule has 0 bridgehead atoms. The fraction of sp³-hybridized carbons (Fsp3) is 0.800. The first kappa shape index (κ1) is 10.4. The van der Waals surface area contributed by atoms with Gasteiger partial charge in [0.2, 0.25) is 0 Å². The molecule has 2 rings (SSSR count). The van der Waals surface area contributed by atoms with Gasteiger partial charge in [0, 0.05) is 19.7 Å². The number of amides is 1. The second kappa shape index (κ2) is 3.48. The number of aliphatic carboxylic acids is 1. The summed E-state index contributed by atoms with van der Waals surface area (Å²) in [6, 6.07) is 0. The third kappa shape index (κ3) is 1.71. The van der Waals surface area contributed by atoms with Gasteiger partial charge in [-0.15, -0.1) is 0 Å². The van der Waals surface area contributed by atoms with Gasteiger partial charge >= 0.3 is 5.97 Å². The largest absolute Gasteiger partial charge is 0.481 e. The zero-order chi connectivity index (χ0) is 11.1. The molecule has 2 fully saturated rings. The van der Waals surface area contributed by atoms with Crippen LogP contribution in [0.4, 0.5) is 0 Å². The maximum Gasteiger partial charge on any atom is 0.312 e. The average molecular weight is 213 g/mol. The highest BCUT2D eigenvalue weighted by molar-refractivity contribution is 5.85. The van der Waals surface area contributed by atoms with E-state index in [1.165, 1.54) is 0 Å². The van der Waals surface area contributed by atoms with Crippen LogP contribution in [0.5, 0.6) is 0 Å². The molecule has 1 N–H and O–H groups in total. The van der Waals surface area contributed by atoms with Crippen molar-refractivity contribution < 1.29 is 19.4 Å². The molecule has 0 aliphatic carbocycles. The Balaban J connectivity index is 1.88. The van der Waals surface area contributed by atoms with E-state index in [0.29, 0.717) is 19.7 Å². The molecule has 84 valence electrons. The Kier molecular flexibility index (Phi) is 2.42. The third-order valence-electron chi connectivity index (χ3n) is 3.11. The van der Waals surface area contributed by atoms with E-state index in [-0.39, 0.29) is 12.0 Å². The molecule has 0 aromatic carbocycles. The smallest absolute Gasteiger partial charge is 0.312 e. The summed E-state index contributed by atoms with van der Waals surface area (Å²) in [5.41, 5.74) is -0.756. The fourth-order valence-corrected chi connectivity index (χ4v) is 2.06. The number of nitrogens with zero attached hydrogens (tertiary/aromatic N) is 1. The Morgan fingerprint density at radius 2 is 2.13 bits per heavy atom. The lowest BCUT2D eigenvalue weighted by Crippen LogP contribution is -2.62. The third-order valence-corrected chi connectivity index (χ3v) is 3.11. The van der Waals surface area contributed by atoms with Gasteiger partial charge in [0.1, 0.15) is 11.5 Å². The second-order valence-electron chi connectivity index (χ2n) is 4.56. The summed E-state index contributed by atoms with van der Waals surface area (Å²) in [7, 11) is 0. The number of ether oxygens (including phenoxy) is 1. The van der Waals surface area contributed by atoms with Crippen LogP contribution in [0.25, 0.3) is 0 Å². The van der Waals surface area contributed by atoms with Gasteiger partial charge in [-0.2, -0.15) is 0 Å². The lowest BCUT2D eigenvalue weighted by Gasteiger charge is -2.45. The molecule has 2 heterocycles. The predicted molar refractivity (Wildman–Crippen MR) is 51.3 cm³/mol. The molecule has 1 atom stereocenters. The lowest BCUT2D eigenvalue weighted by atomic mass is 9.82. The van der Waals surface area contributed by atoms with E-state index in [9.17, 15) is 9.59 Å². The summed E-state index contributed by atoms with van der Waals surface area (Å²) >= 11 is 0. The van der Waals surface area contributed by atoms with E-state index >= 15 is 0 Å². The van der Waals surface area contributed by atoms with Crippen LogP contribution in [-0.2, 0) is 14.3 Å². The minimum atomic E-state index is -0.834. The van der Waals surface area contributed by atoms with Crippen molar-refractivity contribution >= 4 is 11.9 Å². The molecular formula is C10H15NO4. The molecule has 2 aliphatic rings. The highest BCUT2D eigenvalue weighted by Crippen LogP contribution is 2.31. The molecule has 5 nitrogen and oxygen atoms in total. The van der Waals surface area contributed by atoms with Crippen molar-refractivity contribution in [3.8, 4) is 0 Å². The fourth-order valence-electron chi connectivity index (χ4n) is 2.06. The van der Waals surface area contributed by atoms with Gasteiger partial charge in [0.05, 0.1) is 0 Å². The van der Waals surface area contributed by atoms with E-state index in [2.05, 4.69) is 0 Å². The maximum absolute atomic E-state index is 11.7. The standard InChI is InChI=1S/C10H15NO4/c1-10(9(13)14)5-11(6-10)8(12)7-3-2-4-15-7/h7H,2-6H2,1H3,(H,13,14)/t7-/m0/s1. The Morgan fingerprint density at radius 3 is 2.60 bits per heavy atom. The normalized spacial score (nSPS) is 28.6. The monoisotopic (exact) mass is 213 g/mol. The van der Waals surface area contributed by atoms with E-state index in [0.717, 1.165) is 12.8 Å². The van der Waals surface area contributed by atoms with Gasteiger partial charge in [-0.05, 0) is 19.8 Å². The Hall–Kier alpha value is -1.10. The first-order chi connectivity index (χ1) is 7.03. The van der Waals surface area contributed by atoms with Gasteiger partial charge in [0.15, 0.2) is 0 Å². The van der Waals surface area contributed by atoms with Gasteiger partial charge in [0.25, 0.3) is 5.91 Å². The minimum Gasteiger partial charge on any atom is -0.481 e. The molecule has 1 amide bonds. The highest BCUT2D eigenvalue weighted by Gasteiger charge is 2.48. The van der Waals surface area contributed by atoms with Crippen molar-refractivity contribution in [2.24, 2.45) is 5.41 Å². The summed E-state index contributed by atoms with van der Waals surface area (Å²) in [6.07, 6.45) is 1.35. The molecule has 0 spiro atoms. The number of hydrogen-bond acceptors (Lipinski definition) is 3. The molecule has 0 radical (unpaired) electrons. The molecule has 0 aromatic heterocycles. The Morgan fingerprint density at radius 1 is 1.47 bits per heavy atom. The summed E-state index contributed by atoms with van der Waals surface area (Å²) in [5, 5.41) is 8.89. The molecule has 0 saturated carbocycles. The topological polar surface area (TPSA) is 66.8 Å². The van der Waals surface area contributed by atoms with Gasteiger partial charge in [-0.1, -0.05) is 0 Å². The number of carboxylic acids is 1. The SMILES string of the molecule is CC1(C(=O)O)CN(C(=O)[C@@H]2CCCO2)C1. The summed E-state index contributed by atoms with van der Waals surface area (Å²) in [4.78, 5) is 24.1. The number of carboxylic acid groups (broad SMARTS) is 1. The molecule has 15 heavy (non-hydrogen) atoms.